The Morgan fingerprint density at radius 1 is 1.17 bits per heavy atom. The van der Waals surface area contributed by atoms with Gasteiger partial charge in [-0.2, -0.15) is 0 Å². The van der Waals surface area contributed by atoms with Gasteiger partial charge in [0.25, 0.3) is 0 Å². The molecule has 128 valence electrons. The van der Waals surface area contributed by atoms with Crippen LogP contribution in [0.3, 0.4) is 0 Å². The summed E-state index contributed by atoms with van der Waals surface area (Å²) >= 11 is 5.96. The van der Waals surface area contributed by atoms with E-state index in [1.54, 1.807) is 18.2 Å². The topological polar surface area (TPSA) is 49.3 Å². The number of nitrogens with one attached hydrogen (secondary N) is 1. The minimum absolute atomic E-state index is 0.104. The van der Waals surface area contributed by atoms with Crippen LogP contribution in [-0.2, 0) is 13.0 Å². The molecule has 0 heterocycles. The Balaban J connectivity index is 2.11. The summed E-state index contributed by atoms with van der Waals surface area (Å²) in [5.41, 5.74) is 2.41. The van der Waals surface area contributed by atoms with Gasteiger partial charge in [0.1, 0.15) is 0 Å². The molecule has 3 nitrogen and oxygen atoms in total. The van der Waals surface area contributed by atoms with E-state index < -0.39 is 5.97 Å². The quantitative estimate of drug-likeness (QED) is 0.758. The SMILES string of the molecule is CC(C)C(C)(Cc1ccc(Cl)cc1)NCc1cccc(C(=O)O)c1. The fraction of sp³-hybridized carbons (Fsp3) is 0.350. The molecule has 0 aromatic heterocycles. The Kier molecular flexibility index (Phi) is 6.03. The summed E-state index contributed by atoms with van der Waals surface area (Å²) in [4.78, 5) is 11.1. The van der Waals surface area contributed by atoms with E-state index in [1.807, 2.05) is 18.2 Å². The van der Waals surface area contributed by atoms with Gasteiger partial charge in [-0.1, -0.05) is 49.7 Å². The van der Waals surface area contributed by atoms with Crippen molar-refractivity contribution in [2.75, 3.05) is 0 Å². The second kappa shape index (κ2) is 7.82. The van der Waals surface area contributed by atoms with E-state index in [1.165, 1.54) is 5.56 Å². The van der Waals surface area contributed by atoms with Crippen LogP contribution in [0.5, 0.6) is 0 Å². The van der Waals surface area contributed by atoms with Crippen molar-refractivity contribution in [2.24, 2.45) is 5.92 Å². The lowest BCUT2D eigenvalue weighted by Gasteiger charge is -2.35. The molecular weight excluding hydrogens is 322 g/mol. The maximum Gasteiger partial charge on any atom is 0.335 e. The zero-order valence-electron chi connectivity index (χ0n) is 14.3. The van der Waals surface area contributed by atoms with Crippen molar-refractivity contribution in [2.45, 2.75) is 39.3 Å². The third-order valence-electron chi connectivity index (χ3n) is 4.63. The summed E-state index contributed by atoms with van der Waals surface area (Å²) in [6.45, 7) is 7.21. The van der Waals surface area contributed by atoms with Crippen molar-refractivity contribution in [3.05, 3.63) is 70.2 Å². The summed E-state index contributed by atoms with van der Waals surface area (Å²) in [5, 5.41) is 13.5. The Morgan fingerprint density at radius 3 is 2.42 bits per heavy atom. The molecule has 0 saturated heterocycles. The van der Waals surface area contributed by atoms with Gasteiger partial charge in [0.05, 0.1) is 5.56 Å². The van der Waals surface area contributed by atoms with Crippen molar-refractivity contribution in [3.8, 4) is 0 Å². The number of aromatic carboxylic acids is 1. The third-order valence-corrected chi connectivity index (χ3v) is 4.88. The molecule has 24 heavy (non-hydrogen) atoms. The van der Waals surface area contributed by atoms with Crippen LogP contribution in [0.25, 0.3) is 0 Å². The van der Waals surface area contributed by atoms with Gasteiger partial charge in [-0.05, 0) is 54.7 Å². The molecule has 0 aliphatic rings. The molecule has 0 radical (unpaired) electrons. The normalized spacial score (nSPS) is 13.7. The van der Waals surface area contributed by atoms with Crippen molar-refractivity contribution in [3.63, 3.8) is 0 Å². The number of carboxylic acid groups (broad SMARTS) is 1. The Morgan fingerprint density at radius 2 is 1.83 bits per heavy atom. The van der Waals surface area contributed by atoms with E-state index >= 15 is 0 Å². The fourth-order valence-corrected chi connectivity index (χ4v) is 2.74. The Bertz CT molecular complexity index is 697. The van der Waals surface area contributed by atoms with Crippen LogP contribution in [0, 0.1) is 5.92 Å². The number of carboxylic acids is 1. The van der Waals surface area contributed by atoms with Gasteiger partial charge in [0.2, 0.25) is 0 Å². The first-order chi connectivity index (χ1) is 11.3. The zero-order chi connectivity index (χ0) is 17.7. The third kappa shape index (κ3) is 4.83. The second-order valence-electron chi connectivity index (χ2n) is 6.73. The van der Waals surface area contributed by atoms with Crippen LogP contribution in [-0.4, -0.2) is 16.6 Å². The molecule has 0 spiro atoms. The van der Waals surface area contributed by atoms with E-state index in [-0.39, 0.29) is 5.54 Å². The smallest absolute Gasteiger partial charge is 0.335 e. The zero-order valence-corrected chi connectivity index (χ0v) is 15.1. The largest absolute Gasteiger partial charge is 0.478 e. The number of benzene rings is 2. The number of hydrogen-bond donors (Lipinski definition) is 2. The lowest BCUT2D eigenvalue weighted by Crippen LogP contribution is -2.48. The highest BCUT2D eigenvalue weighted by molar-refractivity contribution is 6.30. The van der Waals surface area contributed by atoms with Crippen molar-refractivity contribution in [1.82, 2.24) is 5.32 Å². The predicted octanol–water partition coefficient (Wildman–Crippen LogP) is 4.79. The van der Waals surface area contributed by atoms with Crippen LogP contribution < -0.4 is 5.32 Å². The molecule has 2 rings (SSSR count). The van der Waals surface area contributed by atoms with Gasteiger partial charge >= 0.3 is 5.97 Å². The van der Waals surface area contributed by atoms with E-state index in [2.05, 4.69) is 38.2 Å². The lowest BCUT2D eigenvalue weighted by molar-refractivity contribution is 0.0696. The maximum atomic E-state index is 11.1. The summed E-state index contributed by atoms with van der Waals surface area (Å²) in [7, 11) is 0. The second-order valence-corrected chi connectivity index (χ2v) is 7.17. The first kappa shape index (κ1) is 18.5. The molecule has 0 bridgehead atoms. The molecule has 0 aliphatic heterocycles. The van der Waals surface area contributed by atoms with Gasteiger partial charge in [-0.3, -0.25) is 0 Å². The monoisotopic (exact) mass is 345 g/mol. The summed E-state index contributed by atoms with van der Waals surface area (Å²) in [6.07, 6.45) is 0.875. The minimum Gasteiger partial charge on any atom is -0.478 e. The van der Waals surface area contributed by atoms with Crippen molar-refractivity contribution >= 4 is 17.6 Å². The van der Waals surface area contributed by atoms with Crippen LogP contribution in [0.2, 0.25) is 5.02 Å². The Labute approximate surface area is 148 Å². The van der Waals surface area contributed by atoms with Crippen LogP contribution in [0.1, 0.15) is 42.3 Å². The summed E-state index contributed by atoms with van der Waals surface area (Å²) in [6, 6.07) is 15.0. The van der Waals surface area contributed by atoms with Crippen LogP contribution in [0.4, 0.5) is 0 Å². The molecular formula is C20H24ClNO2. The van der Waals surface area contributed by atoms with Crippen molar-refractivity contribution in [1.29, 1.82) is 0 Å². The molecule has 0 fully saturated rings. The highest BCUT2D eigenvalue weighted by Crippen LogP contribution is 2.24. The minimum atomic E-state index is -0.898. The number of rotatable bonds is 7. The highest BCUT2D eigenvalue weighted by atomic mass is 35.5. The fourth-order valence-electron chi connectivity index (χ4n) is 2.62. The first-order valence-corrected chi connectivity index (χ1v) is 8.50. The molecule has 0 aliphatic carbocycles. The molecule has 2 N–H and O–H groups in total. The lowest BCUT2D eigenvalue weighted by atomic mass is 9.82. The molecule has 2 aromatic rings. The van der Waals surface area contributed by atoms with Gasteiger partial charge < -0.3 is 10.4 Å². The number of halogens is 1. The average molecular weight is 346 g/mol. The number of carbonyl (C=O) groups is 1. The van der Waals surface area contributed by atoms with Gasteiger partial charge in [0, 0.05) is 17.1 Å². The van der Waals surface area contributed by atoms with Crippen molar-refractivity contribution < 1.29 is 9.90 Å². The molecule has 2 aromatic carbocycles. The average Bonchev–Trinajstić information content (AvgIpc) is 2.55. The maximum absolute atomic E-state index is 11.1. The van der Waals surface area contributed by atoms with Gasteiger partial charge in [-0.25, -0.2) is 4.79 Å². The molecule has 0 amide bonds. The van der Waals surface area contributed by atoms with Gasteiger partial charge in [0.15, 0.2) is 0 Å². The summed E-state index contributed by atoms with van der Waals surface area (Å²) in [5.74, 6) is -0.486. The van der Waals surface area contributed by atoms with E-state index in [0.717, 1.165) is 17.0 Å². The predicted molar refractivity (Wildman–Crippen MR) is 98.6 cm³/mol. The molecule has 4 heteroatoms. The molecule has 0 saturated carbocycles. The molecule has 1 unspecified atom stereocenters. The first-order valence-electron chi connectivity index (χ1n) is 8.12. The highest BCUT2D eigenvalue weighted by Gasteiger charge is 2.28. The molecule has 1 atom stereocenters. The number of hydrogen-bond acceptors (Lipinski definition) is 2. The standard InChI is InChI=1S/C20H24ClNO2/c1-14(2)20(3,12-15-7-9-18(21)10-8-15)22-13-16-5-4-6-17(11-16)19(23)24/h4-11,14,22H,12-13H2,1-3H3,(H,23,24). The van der Waals surface area contributed by atoms with E-state index in [9.17, 15) is 4.79 Å². The summed E-state index contributed by atoms with van der Waals surface area (Å²) < 4.78 is 0. The van der Waals surface area contributed by atoms with E-state index in [0.29, 0.717) is 18.0 Å². The van der Waals surface area contributed by atoms with Crippen LogP contribution >= 0.6 is 11.6 Å². The van der Waals surface area contributed by atoms with E-state index in [4.69, 9.17) is 16.7 Å². The van der Waals surface area contributed by atoms with Crippen LogP contribution in [0.15, 0.2) is 48.5 Å². The Hall–Kier alpha value is -1.84. The van der Waals surface area contributed by atoms with Gasteiger partial charge in [-0.15, -0.1) is 0 Å².